The molecule has 0 aliphatic carbocycles. The number of ether oxygens (including phenoxy) is 1. The Morgan fingerprint density at radius 3 is 2.59 bits per heavy atom. The molecule has 0 bridgehead atoms. The third-order valence-corrected chi connectivity index (χ3v) is 3.42. The minimum Gasteiger partial charge on any atom is -0.439 e. The van der Waals surface area contributed by atoms with E-state index in [1.54, 1.807) is 12.1 Å². The average molecular weight is 374 g/mol. The summed E-state index contributed by atoms with van der Waals surface area (Å²) < 4.78 is 43.8. The molecule has 27 heavy (non-hydrogen) atoms. The van der Waals surface area contributed by atoms with Crippen LogP contribution >= 0.6 is 0 Å². The number of hydrogen-bond donors (Lipinski definition) is 2. The molecule has 0 spiro atoms. The number of amides is 1. The predicted molar refractivity (Wildman–Crippen MR) is 92.4 cm³/mol. The van der Waals surface area contributed by atoms with Crippen LogP contribution in [0.5, 0.6) is 11.6 Å². The van der Waals surface area contributed by atoms with Crippen molar-refractivity contribution < 1.29 is 22.7 Å². The third-order valence-electron chi connectivity index (χ3n) is 3.42. The molecule has 0 aliphatic rings. The summed E-state index contributed by atoms with van der Waals surface area (Å²) in [4.78, 5) is 20.0. The number of nitrogens with one attached hydrogen (secondary N) is 1. The van der Waals surface area contributed by atoms with Crippen LogP contribution < -0.4 is 15.8 Å². The number of anilines is 2. The summed E-state index contributed by atoms with van der Waals surface area (Å²) in [7, 11) is 0. The Hall–Kier alpha value is -3.62. The van der Waals surface area contributed by atoms with Crippen molar-refractivity contribution in [3.8, 4) is 11.6 Å². The molecule has 0 radical (unpaired) electrons. The van der Waals surface area contributed by atoms with E-state index in [2.05, 4.69) is 15.3 Å². The molecular formula is C18H13F3N4O2. The molecule has 0 aliphatic heterocycles. The molecule has 6 nitrogen and oxygen atoms in total. The second-order valence-electron chi connectivity index (χ2n) is 5.42. The highest BCUT2D eigenvalue weighted by molar-refractivity contribution is 6.04. The highest BCUT2D eigenvalue weighted by atomic mass is 19.4. The summed E-state index contributed by atoms with van der Waals surface area (Å²) in [6, 6.07) is 12.0. The first-order valence-electron chi connectivity index (χ1n) is 7.66. The maximum Gasteiger partial charge on any atom is 0.416 e. The van der Waals surface area contributed by atoms with Crippen molar-refractivity contribution in [1.29, 1.82) is 0 Å². The van der Waals surface area contributed by atoms with Crippen LogP contribution in [-0.2, 0) is 6.18 Å². The quantitative estimate of drug-likeness (QED) is 0.717. The summed E-state index contributed by atoms with van der Waals surface area (Å²) in [5, 5.41) is 2.43. The highest BCUT2D eigenvalue weighted by Gasteiger charge is 2.30. The fraction of sp³-hybridized carbons (Fsp3) is 0.0556. The number of carbonyl (C=O) groups is 1. The lowest BCUT2D eigenvalue weighted by Gasteiger charge is -2.10. The highest BCUT2D eigenvalue weighted by Crippen LogP contribution is 2.30. The fourth-order valence-corrected chi connectivity index (χ4v) is 2.21. The first-order valence-corrected chi connectivity index (χ1v) is 7.66. The Morgan fingerprint density at radius 1 is 1.07 bits per heavy atom. The minimum atomic E-state index is -4.49. The molecular weight excluding hydrogens is 361 g/mol. The van der Waals surface area contributed by atoms with E-state index < -0.39 is 17.6 Å². The van der Waals surface area contributed by atoms with E-state index >= 15 is 0 Å². The van der Waals surface area contributed by atoms with Crippen molar-refractivity contribution in [3.63, 3.8) is 0 Å². The van der Waals surface area contributed by atoms with Gasteiger partial charge in [0, 0.05) is 23.5 Å². The first kappa shape index (κ1) is 18.2. The topological polar surface area (TPSA) is 90.1 Å². The number of benzene rings is 2. The van der Waals surface area contributed by atoms with Gasteiger partial charge in [-0.2, -0.15) is 18.2 Å². The van der Waals surface area contributed by atoms with Crippen LogP contribution in [0, 0.1) is 0 Å². The van der Waals surface area contributed by atoms with Crippen molar-refractivity contribution in [2.24, 2.45) is 0 Å². The smallest absolute Gasteiger partial charge is 0.416 e. The molecule has 0 atom stereocenters. The van der Waals surface area contributed by atoms with Gasteiger partial charge in [-0.25, -0.2) is 4.98 Å². The van der Waals surface area contributed by atoms with Crippen LogP contribution in [0.1, 0.15) is 15.9 Å². The minimum absolute atomic E-state index is 0.0321. The van der Waals surface area contributed by atoms with Gasteiger partial charge in [0.1, 0.15) is 5.75 Å². The van der Waals surface area contributed by atoms with Gasteiger partial charge < -0.3 is 15.8 Å². The molecule has 3 N–H and O–H groups in total. The van der Waals surface area contributed by atoms with Crippen molar-refractivity contribution in [2.75, 3.05) is 11.1 Å². The van der Waals surface area contributed by atoms with Crippen molar-refractivity contribution in [3.05, 3.63) is 71.9 Å². The van der Waals surface area contributed by atoms with Crippen LogP contribution in [0.4, 0.5) is 24.8 Å². The lowest BCUT2D eigenvalue weighted by molar-refractivity contribution is -0.137. The molecule has 9 heteroatoms. The maximum absolute atomic E-state index is 12.8. The molecule has 1 amide bonds. The second kappa shape index (κ2) is 7.32. The number of rotatable bonds is 4. The van der Waals surface area contributed by atoms with Crippen LogP contribution in [0.25, 0.3) is 0 Å². The number of nitrogens with two attached hydrogens (primary N) is 1. The first-order chi connectivity index (χ1) is 12.8. The van der Waals surface area contributed by atoms with Crippen LogP contribution in [-0.4, -0.2) is 15.9 Å². The summed E-state index contributed by atoms with van der Waals surface area (Å²) >= 11 is 0. The number of alkyl halides is 3. The Labute approximate surface area is 151 Å². The number of hydrogen-bond acceptors (Lipinski definition) is 5. The van der Waals surface area contributed by atoms with E-state index in [4.69, 9.17) is 10.5 Å². The van der Waals surface area contributed by atoms with E-state index in [0.717, 1.165) is 12.1 Å². The van der Waals surface area contributed by atoms with Crippen LogP contribution in [0.3, 0.4) is 0 Å². The van der Waals surface area contributed by atoms with Gasteiger partial charge in [-0.05, 0) is 36.4 Å². The molecule has 0 unspecified atom stereocenters. The van der Waals surface area contributed by atoms with Crippen molar-refractivity contribution in [2.45, 2.75) is 6.18 Å². The van der Waals surface area contributed by atoms with Gasteiger partial charge in [-0.3, -0.25) is 4.79 Å². The van der Waals surface area contributed by atoms with Crippen molar-refractivity contribution in [1.82, 2.24) is 9.97 Å². The Kier molecular flexibility index (Phi) is 4.93. The van der Waals surface area contributed by atoms with Crippen molar-refractivity contribution >= 4 is 17.5 Å². The zero-order valence-corrected chi connectivity index (χ0v) is 13.7. The standard InChI is InChI=1S/C18H13F3N4O2/c19-18(20,21)12-4-2-5-13(10-12)24-16(26)11-3-1-6-14(9-11)27-15-7-8-23-17(22)25-15/h1-10H,(H,24,26)(H2,22,23,25). The molecule has 3 rings (SSSR count). The van der Waals surface area contributed by atoms with Crippen LogP contribution in [0.15, 0.2) is 60.8 Å². The van der Waals surface area contributed by atoms with E-state index in [0.29, 0.717) is 5.75 Å². The Balaban J connectivity index is 1.76. The molecule has 0 saturated heterocycles. The number of aromatic nitrogens is 2. The zero-order valence-electron chi connectivity index (χ0n) is 13.7. The molecule has 0 saturated carbocycles. The lowest BCUT2D eigenvalue weighted by atomic mass is 10.1. The summed E-state index contributed by atoms with van der Waals surface area (Å²) in [6.07, 6.45) is -3.07. The fourth-order valence-electron chi connectivity index (χ4n) is 2.21. The van der Waals surface area contributed by atoms with Gasteiger partial charge in [0.05, 0.1) is 5.56 Å². The summed E-state index contributed by atoms with van der Waals surface area (Å²) in [5.41, 5.74) is 4.86. The number of halogens is 3. The molecule has 2 aromatic carbocycles. The van der Waals surface area contributed by atoms with E-state index in [-0.39, 0.29) is 23.1 Å². The van der Waals surface area contributed by atoms with Gasteiger partial charge in [0.25, 0.3) is 5.91 Å². The lowest BCUT2D eigenvalue weighted by Crippen LogP contribution is -2.13. The SMILES string of the molecule is Nc1nccc(Oc2cccc(C(=O)Nc3cccc(C(F)(F)F)c3)c2)n1. The van der Waals surface area contributed by atoms with Gasteiger partial charge in [-0.15, -0.1) is 0 Å². The number of nitrogen functional groups attached to an aromatic ring is 1. The summed E-state index contributed by atoms with van der Waals surface area (Å²) in [6.45, 7) is 0. The van der Waals surface area contributed by atoms with E-state index in [1.165, 1.54) is 36.5 Å². The maximum atomic E-state index is 12.8. The Morgan fingerprint density at radius 2 is 1.85 bits per heavy atom. The molecule has 0 fully saturated rings. The van der Waals surface area contributed by atoms with Gasteiger partial charge in [0.2, 0.25) is 11.8 Å². The second-order valence-corrected chi connectivity index (χ2v) is 5.42. The third kappa shape index (κ3) is 4.72. The predicted octanol–water partition coefficient (Wildman–Crippen LogP) is 4.12. The average Bonchev–Trinajstić information content (AvgIpc) is 2.61. The van der Waals surface area contributed by atoms with Gasteiger partial charge >= 0.3 is 6.18 Å². The monoisotopic (exact) mass is 374 g/mol. The summed E-state index contributed by atoms with van der Waals surface area (Å²) in [5.74, 6) is -0.0457. The Bertz CT molecular complexity index is 977. The van der Waals surface area contributed by atoms with E-state index in [9.17, 15) is 18.0 Å². The molecule has 3 aromatic rings. The molecule has 1 aromatic heterocycles. The molecule has 1 heterocycles. The molecule has 138 valence electrons. The number of nitrogens with zero attached hydrogens (tertiary/aromatic N) is 2. The van der Waals surface area contributed by atoms with E-state index in [1.807, 2.05) is 0 Å². The van der Waals surface area contributed by atoms with Crippen LogP contribution in [0.2, 0.25) is 0 Å². The van der Waals surface area contributed by atoms with Gasteiger partial charge in [-0.1, -0.05) is 12.1 Å². The largest absolute Gasteiger partial charge is 0.439 e. The normalized spacial score (nSPS) is 11.1. The van der Waals surface area contributed by atoms with Gasteiger partial charge in [0.15, 0.2) is 0 Å². The number of carbonyl (C=O) groups excluding carboxylic acids is 1. The zero-order chi connectivity index (χ0) is 19.4.